The maximum absolute atomic E-state index is 12.4. The van der Waals surface area contributed by atoms with Crippen molar-refractivity contribution in [3.63, 3.8) is 0 Å². The van der Waals surface area contributed by atoms with Crippen LogP contribution in [0.25, 0.3) is 10.7 Å². The molecule has 1 aromatic carbocycles. The van der Waals surface area contributed by atoms with E-state index in [4.69, 9.17) is 0 Å². The Morgan fingerprint density at radius 1 is 1.04 bits per heavy atom. The van der Waals surface area contributed by atoms with Crippen LogP contribution in [0.4, 0.5) is 9.93 Å². The number of nitrogens with zero attached hydrogens (tertiary/aromatic N) is 3. The fraction of sp³-hybridized carbons (Fsp3) is 0.222. The summed E-state index contributed by atoms with van der Waals surface area (Å²) in [5.41, 5.74) is 1.61. The maximum atomic E-state index is 12.4. The van der Waals surface area contributed by atoms with E-state index in [2.05, 4.69) is 37.9 Å². The molecule has 0 spiro atoms. The highest BCUT2D eigenvalue weighted by molar-refractivity contribution is 7.18. The summed E-state index contributed by atoms with van der Waals surface area (Å²) in [6, 6.07) is 15.4. The van der Waals surface area contributed by atoms with Crippen LogP contribution in [0.1, 0.15) is 24.8 Å². The topological polar surface area (TPSA) is 79.8 Å². The Kier molecular flexibility index (Phi) is 4.15. The monoisotopic (exact) mass is 351 g/mol. The normalized spacial score (nSPS) is 15.2. The van der Waals surface area contributed by atoms with Gasteiger partial charge in [-0.15, -0.1) is 10.2 Å². The third-order valence-electron chi connectivity index (χ3n) is 4.42. The highest BCUT2D eigenvalue weighted by atomic mass is 32.1. The summed E-state index contributed by atoms with van der Waals surface area (Å²) in [5, 5.41) is 15.2. The van der Waals surface area contributed by atoms with Crippen LogP contribution in [0.3, 0.4) is 0 Å². The van der Waals surface area contributed by atoms with Crippen LogP contribution in [0.15, 0.2) is 54.7 Å². The van der Waals surface area contributed by atoms with E-state index in [9.17, 15) is 4.79 Å². The molecule has 2 aromatic heterocycles. The molecule has 126 valence electrons. The van der Waals surface area contributed by atoms with Crippen LogP contribution < -0.4 is 10.6 Å². The van der Waals surface area contributed by atoms with Gasteiger partial charge in [0.1, 0.15) is 5.69 Å². The second kappa shape index (κ2) is 6.60. The number of hydrogen-bond acceptors (Lipinski definition) is 5. The van der Waals surface area contributed by atoms with Gasteiger partial charge in [0.2, 0.25) is 5.13 Å². The summed E-state index contributed by atoms with van der Waals surface area (Å²) in [5.74, 6) is 0. The third-order valence-corrected chi connectivity index (χ3v) is 5.28. The van der Waals surface area contributed by atoms with Crippen LogP contribution in [0.5, 0.6) is 0 Å². The van der Waals surface area contributed by atoms with E-state index in [0.29, 0.717) is 10.1 Å². The lowest BCUT2D eigenvalue weighted by molar-refractivity contribution is 0.185. The number of amides is 2. The molecule has 1 aliphatic carbocycles. The molecule has 0 aliphatic heterocycles. The van der Waals surface area contributed by atoms with Gasteiger partial charge in [0.15, 0.2) is 5.01 Å². The van der Waals surface area contributed by atoms with Crippen molar-refractivity contribution in [1.29, 1.82) is 0 Å². The molecule has 25 heavy (non-hydrogen) atoms. The first-order chi connectivity index (χ1) is 12.3. The molecule has 0 unspecified atom stereocenters. The lowest BCUT2D eigenvalue weighted by Crippen LogP contribution is -2.52. The number of carbonyl (C=O) groups excluding carboxylic acids is 1. The lowest BCUT2D eigenvalue weighted by Gasteiger charge is -2.42. The van der Waals surface area contributed by atoms with E-state index in [0.717, 1.165) is 30.5 Å². The summed E-state index contributed by atoms with van der Waals surface area (Å²) in [6.07, 6.45) is 4.70. The van der Waals surface area contributed by atoms with E-state index in [-0.39, 0.29) is 11.6 Å². The number of nitrogens with one attached hydrogen (secondary N) is 2. The molecule has 3 aromatic rings. The maximum Gasteiger partial charge on any atom is 0.321 e. The van der Waals surface area contributed by atoms with Gasteiger partial charge in [0, 0.05) is 6.20 Å². The molecule has 1 fully saturated rings. The number of urea groups is 1. The van der Waals surface area contributed by atoms with Crippen LogP contribution in [-0.2, 0) is 5.54 Å². The first-order valence-corrected chi connectivity index (χ1v) is 8.96. The average molecular weight is 351 g/mol. The van der Waals surface area contributed by atoms with Crippen molar-refractivity contribution in [2.45, 2.75) is 24.8 Å². The van der Waals surface area contributed by atoms with E-state index in [1.54, 1.807) is 6.20 Å². The lowest BCUT2D eigenvalue weighted by atomic mass is 9.72. The Hall–Kier alpha value is -2.80. The SMILES string of the molecule is O=C(Nc1nnc(-c2ccccn2)s1)NC1(c2ccccc2)CCC1. The molecule has 2 N–H and O–H groups in total. The number of carbonyl (C=O) groups is 1. The van der Waals surface area contributed by atoms with Gasteiger partial charge < -0.3 is 5.32 Å². The van der Waals surface area contributed by atoms with Gasteiger partial charge in [0.05, 0.1) is 5.54 Å². The zero-order valence-electron chi connectivity index (χ0n) is 13.5. The van der Waals surface area contributed by atoms with Crippen molar-refractivity contribution in [3.05, 3.63) is 60.3 Å². The average Bonchev–Trinajstić information content (AvgIpc) is 3.08. The van der Waals surface area contributed by atoms with E-state index in [1.807, 2.05) is 36.4 Å². The van der Waals surface area contributed by atoms with Gasteiger partial charge in [0.25, 0.3) is 0 Å². The quantitative estimate of drug-likeness (QED) is 0.749. The third kappa shape index (κ3) is 3.23. The summed E-state index contributed by atoms with van der Waals surface area (Å²) >= 11 is 1.31. The Labute approximate surface area is 149 Å². The first-order valence-electron chi connectivity index (χ1n) is 8.15. The van der Waals surface area contributed by atoms with Crippen molar-refractivity contribution < 1.29 is 4.79 Å². The first kappa shape index (κ1) is 15.7. The van der Waals surface area contributed by atoms with Crippen LogP contribution in [-0.4, -0.2) is 21.2 Å². The molecule has 7 heteroatoms. The Morgan fingerprint density at radius 2 is 1.84 bits per heavy atom. The molecule has 6 nitrogen and oxygen atoms in total. The van der Waals surface area contributed by atoms with E-state index in [1.165, 1.54) is 11.3 Å². The standard InChI is InChI=1S/C18H17N5OS/c24-16(21-18(10-6-11-18)13-7-2-1-3-8-13)20-17-23-22-15(25-17)14-9-4-5-12-19-14/h1-5,7-9,12H,6,10-11H2,(H2,20,21,23,24). The zero-order valence-corrected chi connectivity index (χ0v) is 14.3. The number of pyridine rings is 1. The molecule has 0 saturated heterocycles. The largest absolute Gasteiger partial charge is 0.328 e. The fourth-order valence-electron chi connectivity index (χ4n) is 2.99. The summed E-state index contributed by atoms with van der Waals surface area (Å²) in [4.78, 5) is 16.7. The molecule has 0 atom stereocenters. The summed E-state index contributed by atoms with van der Waals surface area (Å²) in [6.45, 7) is 0. The molecular weight excluding hydrogens is 334 g/mol. The van der Waals surface area contributed by atoms with Crippen LogP contribution in [0.2, 0.25) is 0 Å². The highest BCUT2D eigenvalue weighted by Gasteiger charge is 2.40. The van der Waals surface area contributed by atoms with Gasteiger partial charge in [-0.25, -0.2) is 4.79 Å². The number of benzene rings is 1. The Bertz CT molecular complexity index is 861. The summed E-state index contributed by atoms with van der Waals surface area (Å²) in [7, 11) is 0. The van der Waals surface area contributed by atoms with Crippen molar-refractivity contribution in [1.82, 2.24) is 20.5 Å². The molecule has 4 rings (SSSR count). The van der Waals surface area contributed by atoms with Crippen molar-refractivity contribution in [3.8, 4) is 10.7 Å². The Morgan fingerprint density at radius 3 is 2.52 bits per heavy atom. The van der Waals surface area contributed by atoms with E-state index >= 15 is 0 Å². The van der Waals surface area contributed by atoms with Gasteiger partial charge >= 0.3 is 6.03 Å². The minimum absolute atomic E-state index is 0.257. The zero-order chi connectivity index (χ0) is 17.1. The Balaban J connectivity index is 1.45. The molecule has 0 bridgehead atoms. The molecule has 2 amide bonds. The van der Waals surface area contributed by atoms with Gasteiger partial charge in [-0.3, -0.25) is 10.3 Å². The van der Waals surface area contributed by atoms with E-state index < -0.39 is 0 Å². The number of aromatic nitrogens is 3. The summed E-state index contributed by atoms with van der Waals surface area (Å²) < 4.78 is 0. The minimum atomic E-state index is -0.278. The van der Waals surface area contributed by atoms with Crippen LogP contribution >= 0.6 is 11.3 Å². The van der Waals surface area contributed by atoms with Crippen molar-refractivity contribution in [2.24, 2.45) is 0 Å². The van der Waals surface area contributed by atoms with Gasteiger partial charge in [-0.1, -0.05) is 47.7 Å². The fourth-order valence-corrected chi connectivity index (χ4v) is 3.70. The highest BCUT2D eigenvalue weighted by Crippen LogP contribution is 2.41. The molecule has 0 radical (unpaired) electrons. The number of rotatable bonds is 4. The second-order valence-electron chi connectivity index (χ2n) is 6.01. The molecule has 1 aliphatic rings. The molecule has 1 saturated carbocycles. The van der Waals surface area contributed by atoms with Gasteiger partial charge in [-0.2, -0.15) is 0 Å². The number of anilines is 1. The van der Waals surface area contributed by atoms with Crippen molar-refractivity contribution >= 4 is 22.5 Å². The van der Waals surface area contributed by atoms with Gasteiger partial charge in [-0.05, 0) is 37.0 Å². The predicted octanol–water partition coefficient (Wildman–Crippen LogP) is 3.80. The minimum Gasteiger partial charge on any atom is -0.328 e. The second-order valence-corrected chi connectivity index (χ2v) is 6.99. The van der Waals surface area contributed by atoms with Crippen molar-refractivity contribution in [2.75, 3.05) is 5.32 Å². The molecular formula is C18H17N5OS. The van der Waals surface area contributed by atoms with Crippen LogP contribution in [0, 0.1) is 0 Å². The molecule has 2 heterocycles. The predicted molar refractivity (Wildman–Crippen MR) is 97.3 cm³/mol. The smallest absolute Gasteiger partial charge is 0.321 e. The number of hydrogen-bond donors (Lipinski definition) is 2.